The highest BCUT2D eigenvalue weighted by molar-refractivity contribution is 5.83. The molecular formula is C12H14N4O. The summed E-state index contributed by atoms with van der Waals surface area (Å²) in [6.45, 7) is 0. The fraction of sp³-hybridized carbons (Fsp3) is 0.167. The number of rotatable bonds is 4. The maximum absolute atomic E-state index is 11.5. The third kappa shape index (κ3) is 2.44. The molecule has 2 aromatic rings. The summed E-state index contributed by atoms with van der Waals surface area (Å²) in [5.41, 5.74) is 6.98. The Bertz CT molecular complexity index is 506. The molecule has 0 fully saturated rings. The summed E-state index contributed by atoms with van der Waals surface area (Å²) in [7, 11) is 1.82. The number of anilines is 1. The van der Waals surface area contributed by atoms with Gasteiger partial charge < -0.3 is 15.6 Å². The largest absolute Gasteiger partial charge is 0.369 e. The molecule has 0 bridgehead atoms. The molecule has 5 nitrogen and oxygen atoms in total. The molecule has 0 saturated carbocycles. The predicted octanol–water partition coefficient (Wildman–Crippen LogP) is 1.06. The third-order valence-electron chi connectivity index (χ3n) is 2.52. The summed E-state index contributed by atoms with van der Waals surface area (Å²) >= 11 is 0. The highest BCUT2D eigenvalue weighted by Gasteiger charge is 2.20. The second-order valence-electron chi connectivity index (χ2n) is 3.78. The van der Waals surface area contributed by atoms with Crippen molar-refractivity contribution in [3.63, 3.8) is 0 Å². The van der Waals surface area contributed by atoms with Crippen LogP contribution >= 0.6 is 0 Å². The van der Waals surface area contributed by atoms with Gasteiger partial charge in [0.2, 0.25) is 5.91 Å². The van der Waals surface area contributed by atoms with E-state index in [4.69, 9.17) is 5.73 Å². The lowest BCUT2D eigenvalue weighted by Crippen LogP contribution is -2.29. The quantitative estimate of drug-likeness (QED) is 0.824. The number of benzene rings is 1. The highest BCUT2D eigenvalue weighted by atomic mass is 16.1. The first kappa shape index (κ1) is 11.2. The average Bonchev–Trinajstić information content (AvgIpc) is 2.73. The second kappa shape index (κ2) is 4.69. The monoisotopic (exact) mass is 230 g/mol. The number of carbonyl (C=O) groups is 1. The number of aryl methyl sites for hydroxylation is 1. The standard InChI is InChI=1S/C12H14N4O/c1-16-8-14-7-10(16)11(12(13)17)15-9-5-3-2-4-6-9/h2-8,11,15H,1H3,(H2,13,17). The van der Waals surface area contributed by atoms with E-state index in [2.05, 4.69) is 10.3 Å². The van der Waals surface area contributed by atoms with Crippen molar-refractivity contribution in [2.45, 2.75) is 6.04 Å². The molecule has 2 rings (SSSR count). The predicted molar refractivity (Wildman–Crippen MR) is 65.2 cm³/mol. The molecule has 1 aromatic carbocycles. The first-order valence-electron chi connectivity index (χ1n) is 5.25. The van der Waals surface area contributed by atoms with Gasteiger partial charge in [0.15, 0.2) is 0 Å². The Morgan fingerprint density at radius 1 is 1.41 bits per heavy atom. The van der Waals surface area contributed by atoms with E-state index in [0.717, 1.165) is 11.4 Å². The molecule has 0 radical (unpaired) electrons. The van der Waals surface area contributed by atoms with Crippen LogP contribution in [0.1, 0.15) is 11.7 Å². The van der Waals surface area contributed by atoms with E-state index in [9.17, 15) is 4.79 Å². The lowest BCUT2D eigenvalue weighted by molar-refractivity contribution is -0.118. The molecule has 0 aliphatic heterocycles. The topological polar surface area (TPSA) is 72.9 Å². The number of carbonyl (C=O) groups excluding carboxylic acids is 1. The van der Waals surface area contributed by atoms with Gasteiger partial charge in [-0.15, -0.1) is 0 Å². The zero-order valence-corrected chi connectivity index (χ0v) is 9.50. The third-order valence-corrected chi connectivity index (χ3v) is 2.52. The van der Waals surface area contributed by atoms with Gasteiger partial charge in [0, 0.05) is 12.7 Å². The molecule has 1 aromatic heterocycles. The Balaban J connectivity index is 2.26. The number of imidazole rings is 1. The number of nitrogens with zero attached hydrogens (tertiary/aromatic N) is 2. The minimum atomic E-state index is -0.579. The van der Waals surface area contributed by atoms with E-state index in [1.807, 2.05) is 37.4 Å². The summed E-state index contributed by atoms with van der Waals surface area (Å²) in [6.07, 6.45) is 3.27. The van der Waals surface area contributed by atoms with Gasteiger partial charge in [0.1, 0.15) is 6.04 Å². The van der Waals surface area contributed by atoms with Crippen LogP contribution in [-0.2, 0) is 11.8 Å². The van der Waals surface area contributed by atoms with Crippen LogP contribution in [0.4, 0.5) is 5.69 Å². The summed E-state index contributed by atoms with van der Waals surface area (Å²) in [5, 5.41) is 3.09. The van der Waals surface area contributed by atoms with Crippen molar-refractivity contribution in [2.75, 3.05) is 5.32 Å². The molecule has 0 saturated heterocycles. The smallest absolute Gasteiger partial charge is 0.246 e. The van der Waals surface area contributed by atoms with Crippen molar-refractivity contribution in [1.29, 1.82) is 0 Å². The molecule has 0 spiro atoms. The van der Waals surface area contributed by atoms with Gasteiger partial charge in [-0.3, -0.25) is 4.79 Å². The number of hydrogen-bond donors (Lipinski definition) is 2. The minimum Gasteiger partial charge on any atom is -0.369 e. The zero-order valence-electron chi connectivity index (χ0n) is 9.50. The maximum Gasteiger partial charge on any atom is 0.246 e. The fourth-order valence-corrected chi connectivity index (χ4v) is 1.64. The zero-order chi connectivity index (χ0) is 12.3. The minimum absolute atomic E-state index is 0.433. The highest BCUT2D eigenvalue weighted by Crippen LogP contribution is 2.18. The fourth-order valence-electron chi connectivity index (χ4n) is 1.64. The van der Waals surface area contributed by atoms with Gasteiger partial charge in [-0.1, -0.05) is 18.2 Å². The van der Waals surface area contributed by atoms with Crippen molar-refractivity contribution in [3.05, 3.63) is 48.5 Å². The number of para-hydroxylation sites is 1. The van der Waals surface area contributed by atoms with E-state index in [-0.39, 0.29) is 0 Å². The molecule has 3 N–H and O–H groups in total. The molecule has 5 heteroatoms. The molecule has 0 aliphatic rings. The Morgan fingerprint density at radius 3 is 2.65 bits per heavy atom. The lowest BCUT2D eigenvalue weighted by Gasteiger charge is -2.16. The molecule has 0 aliphatic carbocycles. The van der Waals surface area contributed by atoms with Gasteiger partial charge in [0.05, 0.1) is 18.2 Å². The van der Waals surface area contributed by atoms with E-state index < -0.39 is 11.9 Å². The normalized spacial score (nSPS) is 12.1. The number of primary amides is 1. The molecule has 1 heterocycles. The second-order valence-corrected chi connectivity index (χ2v) is 3.78. The number of aromatic nitrogens is 2. The first-order valence-corrected chi connectivity index (χ1v) is 5.25. The Kier molecular flexibility index (Phi) is 3.09. The molecular weight excluding hydrogens is 216 g/mol. The van der Waals surface area contributed by atoms with Gasteiger partial charge >= 0.3 is 0 Å². The van der Waals surface area contributed by atoms with Crippen LogP contribution in [0, 0.1) is 0 Å². The average molecular weight is 230 g/mol. The van der Waals surface area contributed by atoms with Gasteiger partial charge in [-0.2, -0.15) is 0 Å². The van der Waals surface area contributed by atoms with Crippen molar-refractivity contribution in [1.82, 2.24) is 9.55 Å². The Morgan fingerprint density at radius 2 is 2.12 bits per heavy atom. The number of amides is 1. The number of hydrogen-bond acceptors (Lipinski definition) is 3. The van der Waals surface area contributed by atoms with Crippen molar-refractivity contribution >= 4 is 11.6 Å². The molecule has 17 heavy (non-hydrogen) atoms. The van der Waals surface area contributed by atoms with E-state index in [1.54, 1.807) is 17.1 Å². The Labute approximate surface area is 99.3 Å². The number of nitrogens with two attached hydrogens (primary N) is 1. The van der Waals surface area contributed by atoms with Crippen LogP contribution < -0.4 is 11.1 Å². The van der Waals surface area contributed by atoms with Gasteiger partial charge in [-0.05, 0) is 12.1 Å². The van der Waals surface area contributed by atoms with Crippen LogP contribution in [0.5, 0.6) is 0 Å². The van der Waals surface area contributed by atoms with Crippen molar-refractivity contribution < 1.29 is 4.79 Å². The van der Waals surface area contributed by atoms with E-state index >= 15 is 0 Å². The van der Waals surface area contributed by atoms with Crippen LogP contribution in [0.3, 0.4) is 0 Å². The van der Waals surface area contributed by atoms with Crippen LogP contribution in [0.2, 0.25) is 0 Å². The van der Waals surface area contributed by atoms with Gasteiger partial charge in [0.25, 0.3) is 0 Å². The van der Waals surface area contributed by atoms with E-state index in [1.165, 1.54) is 0 Å². The first-order chi connectivity index (χ1) is 8.18. The number of nitrogens with one attached hydrogen (secondary N) is 1. The summed E-state index contributed by atoms with van der Waals surface area (Å²) in [5.74, 6) is -0.433. The summed E-state index contributed by atoms with van der Waals surface area (Å²) < 4.78 is 1.77. The van der Waals surface area contributed by atoms with Crippen LogP contribution in [0.25, 0.3) is 0 Å². The summed E-state index contributed by atoms with van der Waals surface area (Å²) in [6, 6.07) is 8.88. The molecule has 88 valence electrons. The van der Waals surface area contributed by atoms with Crippen LogP contribution in [0.15, 0.2) is 42.9 Å². The SMILES string of the molecule is Cn1cncc1C(Nc1ccccc1)C(N)=O. The lowest BCUT2D eigenvalue weighted by atomic mass is 10.2. The Hall–Kier alpha value is -2.30. The van der Waals surface area contributed by atoms with E-state index in [0.29, 0.717) is 0 Å². The molecule has 1 amide bonds. The van der Waals surface area contributed by atoms with Crippen molar-refractivity contribution in [3.8, 4) is 0 Å². The molecule has 1 atom stereocenters. The summed E-state index contributed by atoms with van der Waals surface area (Å²) in [4.78, 5) is 15.5. The van der Waals surface area contributed by atoms with Gasteiger partial charge in [-0.25, -0.2) is 4.98 Å². The maximum atomic E-state index is 11.5. The van der Waals surface area contributed by atoms with Crippen LogP contribution in [-0.4, -0.2) is 15.5 Å². The molecule has 1 unspecified atom stereocenters. The van der Waals surface area contributed by atoms with Crippen molar-refractivity contribution in [2.24, 2.45) is 12.8 Å².